The van der Waals surface area contributed by atoms with Gasteiger partial charge in [-0.3, -0.25) is 0 Å². The summed E-state index contributed by atoms with van der Waals surface area (Å²) in [6.45, 7) is 5.48. The lowest BCUT2D eigenvalue weighted by atomic mass is 10.2. The van der Waals surface area contributed by atoms with E-state index < -0.39 is 21.5 Å². The summed E-state index contributed by atoms with van der Waals surface area (Å²) in [6, 6.07) is 3.98. The third-order valence-corrected chi connectivity index (χ3v) is 3.45. The van der Waals surface area contributed by atoms with E-state index in [9.17, 15) is 8.60 Å². The Morgan fingerprint density at radius 1 is 1.44 bits per heavy atom. The molecule has 0 aliphatic heterocycles. The largest absolute Gasteiger partial charge is 0.234 e. The lowest BCUT2D eigenvalue weighted by Gasteiger charge is -2.12. The van der Waals surface area contributed by atoms with Gasteiger partial charge in [0.05, 0.1) is 9.77 Å². The van der Waals surface area contributed by atoms with E-state index in [0.717, 1.165) is 0 Å². The number of hydrogen-bond acceptors (Lipinski definition) is 1. The van der Waals surface area contributed by atoms with Crippen LogP contribution >= 0.6 is 11.6 Å². The van der Waals surface area contributed by atoms with Crippen molar-refractivity contribution in [1.29, 1.82) is 0 Å². The molecular formula is C11H13ClFNOS. The van der Waals surface area contributed by atoms with Gasteiger partial charge in [-0.2, -0.15) is 4.40 Å². The Bertz CT molecular complexity index is 440. The predicted octanol–water partition coefficient (Wildman–Crippen LogP) is 3.36. The van der Waals surface area contributed by atoms with Crippen LogP contribution in [0.5, 0.6) is 0 Å². The lowest BCUT2D eigenvalue weighted by molar-refractivity contribution is 0.628. The maximum absolute atomic E-state index is 12.7. The maximum Gasteiger partial charge on any atom is 0.144 e. The second kappa shape index (κ2) is 5.06. The fourth-order valence-corrected chi connectivity index (χ4v) is 1.61. The quantitative estimate of drug-likeness (QED) is 0.751. The van der Waals surface area contributed by atoms with Crippen LogP contribution in [0.25, 0.3) is 0 Å². The van der Waals surface area contributed by atoms with Crippen LogP contribution in [-0.2, 0) is 11.0 Å². The summed E-state index contributed by atoms with van der Waals surface area (Å²) in [4.78, 5) is 0. The summed E-state index contributed by atoms with van der Waals surface area (Å²) in [7, 11) is -1.33. The second-order valence-electron chi connectivity index (χ2n) is 4.26. The Kier molecular flexibility index (Phi) is 4.21. The molecule has 1 aromatic carbocycles. The minimum atomic E-state index is -1.33. The highest BCUT2D eigenvalue weighted by Gasteiger charge is 2.18. The SMILES string of the molecule is CC(C)(C)[S@](=O)N=Cc1ccc(F)cc1Cl. The molecule has 0 heterocycles. The Labute approximate surface area is 102 Å². The molecule has 2 nitrogen and oxygen atoms in total. The van der Waals surface area contributed by atoms with Gasteiger partial charge < -0.3 is 0 Å². The van der Waals surface area contributed by atoms with Crippen LogP contribution in [0.15, 0.2) is 22.6 Å². The van der Waals surface area contributed by atoms with Crippen molar-refractivity contribution >= 4 is 28.8 Å². The lowest BCUT2D eigenvalue weighted by Crippen LogP contribution is -2.19. The van der Waals surface area contributed by atoms with Crippen LogP contribution in [0.4, 0.5) is 4.39 Å². The zero-order valence-corrected chi connectivity index (χ0v) is 10.9. The highest BCUT2D eigenvalue weighted by molar-refractivity contribution is 7.85. The van der Waals surface area contributed by atoms with Crippen molar-refractivity contribution in [2.75, 3.05) is 0 Å². The minimum absolute atomic E-state index is 0.259. The number of hydrogen-bond donors (Lipinski definition) is 0. The summed E-state index contributed by atoms with van der Waals surface area (Å²) in [5.74, 6) is -0.404. The summed E-state index contributed by atoms with van der Waals surface area (Å²) < 4.78 is 27.8. The fourth-order valence-electron chi connectivity index (χ4n) is 0.869. The van der Waals surface area contributed by atoms with Crippen LogP contribution in [0, 0.1) is 5.82 Å². The van der Waals surface area contributed by atoms with E-state index in [1.165, 1.54) is 24.4 Å². The van der Waals surface area contributed by atoms with E-state index in [1.807, 2.05) is 20.8 Å². The average molecular weight is 262 g/mol. The smallest absolute Gasteiger partial charge is 0.144 e. The molecule has 0 unspecified atom stereocenters. The van der Waals surface area contributed by atoms with Gasteiger partial charge in [-0.1, -0.05) is 11.6 Å². The highest BCUT2D eigenvalue weighted by Crippen LogP contribution is 2.17. The summed E-state index contributed by atoms with van der Waals surface area (Å²) >= 11 is 5.80. The average Bonchev–Trinajstić information content (AvgIpc) is 2.14. The Morgan fingerprint density at radius 3 is 2.56 bits per heavy atom. The van der Waals surface area contributed by atoms with Gasteiger partial charge in [0.15, 0.2) is 0 Å². The Hall–Kier alpha value is -0.740. The first-order valence-electron chi connectivity index (χ1n) is 4.72. The molecule has 0 N–H and O–H groups in total. The van der Waals surface area contributed by atoms with Gasteiger partial charge in [0, 0.05) is 11.8 Å². The first-order valence-corrected chi connectivity index (χ1v) is 6.20. The predicted molar refractivity (Wildman–Crippen MR) is 66.9 cm³/mol. The number of rotatable bonds is 2. The molecule has 0 radical (unpaired) electrons. The van der Waals surface area contributed by atoms with Gasteiger partial charge in [0.2, 0.25) is 0 Å². The molecule has 1 atom stereocenters. The zero-order valence-electron chi connectivity index (χ0n) is 9.33. The molecule has 0 fully saturated rings. The molecule has 0 bridgehead atoms. The summed E-state index contributed by atoms with van der Waals surface area (Å²) in [5.41, 5.74) is 0.556. The van der Waals surface area contributed by atoms with Gasteiger partial charge in [0.1, 0.15) is 16.8 Å². The molecule has 88 valence electrons. The van der Waals surface area contributed by atoms with Crippen LogP contribution in [0.3, 0.4) is 0 Å². The van der Waals surface area contributed by atoms with Crippen molar-refractivity contribution in [2.24, 2.45) is 4.40 Å². The van der Waals surface area contributed by atoms with Crippen molar-refractivity contribution in [3.8, 4) is 0 Å². The van der Waals surface area contributed by atoms with Gasteiger partial charge >= 0.3 is 0 Å². The second-order valence-corrected chi connectivity index (χ2v) is 6.60. The molecule has 0 amide bonds. The zero-order chi connectivity index (χ0) is 12.3. The van der Waals surface area contributed by atoms with Crippen molar-refractivity contribution in [1.82, 2.24) is 0 Å². The Balaban J connectivity index is 2.89. The maximum atomic E-state index is 12.7. The third-order valence-electron chi connectivity index (χ3n) is 1.77. The van der Waals surface area contributed by atoms with Gasteiger partial charge in [-0.25, -0.2) is 8.60 Å². The molecule has 1 aromatic rings. The van der Waals surface area contributed by atoms with Crippen LogP contribution < -0.4 is 0 Å². The number of nitrogens with zero attached hydrogens (tertiary/aromatic N) is 1. The van der Waals surface area contributed by atoms with Crippen molar-refractivity contribution < 1.29 is 8.60 Å². The highest BCUT2D eigenvalue weighted by atomic mass is 35.5. The van der Waals surface area contributed by atoms with Gasteiger partial charge in [-0.15, -0.1) is 0 Å². The molecular weight excluding hydrogens is 249 g/mol. The molecule has 0 aromatic heterocycles. The first-order chi connectivity index (χ1) is 7.30. The van der Waals surface area contributed by atoms with E-state index in [0.29, 0.717) is 5.56 Å². The number of benzene rings is 1. The summed E-state index contributed by atoms with van der Waals surface area (Å²) in [6.07, 6.45) is 1.41. The van der Waals surface area contributed by atoms with Crippen molar-refractivity contribution in [2.45, 2.75) is 25.5 Å². The van der Waals surface area contributed by atoms with Crippen molar-refractivity contribution in [3.05, 3.63) is 34.6 Å². The van der Waals surface area contributed by atoms with Crippen LogP contribution in [0.2, 0.25) is 5.02 Å². The molecule has 0 saturated carbocycles. The summed E-state index contributed by atoms with van der Waals surface area (Å²) in [5, 5.41) is 0.259. The molecule has 16 heavy (non-hydrogen) atoms. The van der Waals surface area contributed by atoms with Gasteiger partial charge in [-0.05, 0) is 39.0 Å². The fraction of sp³-hybridized carbons (Fsp3) is 0.364. The van der Waals surface area contributed by atoms with E-state index >= 15 is 0 Å². The Morgan fingerprint density at radius 2 is 2.06 bits per heavy atom. The molecule has 0 aliphatic carbocycles. The molecule has 0 saturated heterocycles. The molecule has 5 heteroatoms. The third kappa shape index (κ3) is 3.68. The molecule has 0 spiro atoms. The normalized spacial score (nSPS) is 14.3. The van der Waals surface area contributed by atoms with Crippen LogP contribution in [0.1, 0.15) is 26.3 Å². The molecule has 1 rings (SSSR count). The van der Waals surface area contributed by atoms with Crippen LogP contribution in [-0.4, -0.2) is 15.2 Å². The standard InChI is InChI=1S/C11H13ClFNOS/c1-11(2,3)16(15)14-7-8-4-5-9(13)6-10(8)12/h4-7H,1-3H3/t16-/m0/s1. The monoisotopic (exact) mass is 261 g/mol. The topological polar surface area (TPSA) is 29.4 Å². The minimum Gasteiger partial charge on any atom is -0.234 e. The molecule has 0 aliphatic rings. The van der Waals surface area contributed by atoms with E-state index in [4.69, 9.17) is 11.6 Å². The van der Waals surface area contributed by atoms with Crippen molar-refractivity contribution in [3.63, 3.8) is 0 Å². The van der Waals surface area contributed by atoms with E-state index in [-0.39, 0.29) is 5.02 Å². The number of halogens is 2. The van der Waals surface area contributed by atoms with E-state index in [2.05, 4.69) is 4.40 Å². The van der Waals surface area contributed by atoms with Gasteiger partial charge in [0.25, 0.3) is 0 Å². The van der Waals surface area contributed by atoms with E-state index in [1.54, 1.807) is 0 Å². The first kappa shape index (κ1) is 13.3.